The van der Waals surface area contributed by atoms with Crippen LogP contribution in [0, 0.1) is 11.3 Å². The number of nitrogens with one attached hydrogen (secondary N) is 1. The molecule has 1 fully saturated rings. The molecule has 114 valence electrons. The lowest BCUT2D eigenvalue weighted by Crippen LogP contribution is -2.43. The number of nitriles is 1. The van der Waals surface area contributed by atoms with Gasteiger partial charge in [0, 0.05) is 13.1 Å². The number of sulfonamides is 1. The monoisotopic (exact) mass is 309 g/mol. The van der Waals surface area contributed by atoms with Crippen molar-refractivity contribution in [2.45, 2.75) is 23.8 Å². The molecule has 1 N–H and O–H groups in total. The molecule has 0 unspecified atom stereocenters. The van der Waals surface area contributed by atoms with Gasteiger partial charge in [0.25, 0.3) is 0 Å². The number of nitrogens with zero attached hydrogens (tertiary/aromatic N) is 2. The Hall–Kier alpha value is -1.62. The molecular weight excluding hydrogens is 290 g/mol. The molecule has 1 aromatic rings. The number of hydrogen-bond donors (Lipinski definition) is 1. The summed E-state index contributed by atoms with van der Waals surface area (Å²) in [6.45, 7) is 1.63. The summed E-state index contributed by atoms with van der Waals surface area (Å²) < 4.78 is 32.1. The number of rotatable bonds is 4. The van der Waals surface area contributed by atoms with Crippen molar-refractivity contribution in [1.82, 2.24) is 9.62 Å². The average molecular weight is 309 g/mol. The highest BCUT2D eigenvalue weighted by molar-refractivity contribution is 7.89. The van der Waals surface area contributed by atoms with Gasteiger partial charge in [0.15, 0.2) is 0 Å². The zero-order valence-corrected chi connectivity index (χ0v) is 13.0. The topological polar surface area (TPSA) is 82.4 Å². The Kier molecular flexibility index (Phi) is 4.83. The maximum absolute atomic E-state index is 12.8. The third-order valence-corrected chi connectivity index (χ3v) is 5.72. The van der Waals surface area contributed by atoms with Crippen LogP contribution in [0.1, 0.15) is 18.4 Å². The first-order chi connectivity index (χ1) is 10.0. The van der Waals surface area contributed by atoms with Crippen LogP contribution in [0.3, 0.4) is 0 Å². The molecule has 1 aliphatic heterocycles. The van der Waals surface area contributed by atoms with E-state index < -0.39 is 10.0 Å². The van der Waals surface area contributed by atoms with E-state index in [0.717, 1.165) is 25.9 Å². The second kappa shape index (κ2) is 6.43. The second-order valence-corrected chi connectivity index (χ2v) is 6.95. The molecule has 0 amide bonds. The highest BCUT2D eigenvalue weighted by Gasteiger charge is 2.31. The van der Waals surface area contributed by atoms with Gasteiger partial charge in [-0.3, -0.25) is 0 Å². The van der Waals surface area contributed by atoms with Crippen molar-refractivity contribution in [1.29, 1.82) is 5.26 Å². The molecule has 1 aliphatic rings. The van der Waals surface area contributed by atoms with E-state index in [-0.39, 0.29) is 16.7 Å². The van der Waals surface area contributed by atoms with Crippen molar-refractivity contribution in [2.24, 2.45) is 0 Å². The Labute approximate surface area is 125 Å². The molecule has 0 saturated carbocycles. The van der Waals surface area contributed by atoms with Gasteiger partial charge < -0.3 is 10.1 Å². The van der Waals surface area contributed by atoms with Crippen LogP contribution in [-0.2, 0) is 10.0 Å². The SMILES string of the molecule is COc1cc(C#N)ccc1S(=O)(=O)N(C)C1CCNCC1. The molecule has 1 saturated heterocycles. The minimum atomic E-state index is -3.64. The zero-order chi connectivity index (χ0) is 15.5. The van der Waals surface area contributed by atoms with Gasteiger partial charge in [-0.2, -0.15) is 9.57 Å². The fraction of sp³-hybridized carbons (Fsp3) is 0.500. The highest BCUT2D eigenvalue weighted by Crippen LogP contribution is 2.29. The van der Waals surface area contributed by atoms with Crippen LogP contribution < -0.4 is 10.1 Å². The predicted octanol–water partition coefficient (Wildman–Crippen LogP) is 0.939. The second-order valence-electron chi connectivity index (χ2n) is 4.98. The van der Waals surface area contributed by atoms with Gasteiger partial charge in [-0.15, -0.1) is 0 Å². The van der Waals surface area contributed by atoms with E-state index in [2.05, 4.69) is 5.32 Å². The molecular formula is C14H19N3O3S. The number of hydrogen-bond acceptors (Lipinski definition) is 5. The van der Waals surface area contributed by atoms with Crippen molar-refractivity contribution < 1.29 is 13.2 Å². The summed E-state index contributed by atoms with van der Waals surface area (Å²) in [7, 11) is -0.632. The van der Waals surface area contributed by atoms with Crippen LogP contribution >= 0.6 is 0 Å². The summed E-state index contributed by atoms with van der Waals surface area (Å²) in [6, 6.07) is 6.33. The Bertz CT molecular complexity index is 646. The standard InChI is InChI=1S/C14H19N3O3S/c1-17(12-5-7-16-8-6-12)21(18,19)14-4-3-11(10-15)9-13(14)20-2/h3-4,9,12,16H,5-8H2,1-2H3. The van der Waals surface area contributed by atoms with Crippen LogP contribution in [0.15, 0.2) is 23.1 Å². The third-order valence-electron chi connectivity index (χ3n) is 3.77. The molecule has 1 aromatic carbocycles. The first kappa shape index (κ1) is 15.8. The summed E-state index contributed by atoms with van der Waals surface area (Å²) in [4.78, 5) is 0.102. The number of methoxy groups -OCH3 is 1. The number of piperidine rings is 1. The van der Waals surface area contributed by atoms with Gasteiger partial charge in [-0.1, -0.05) is 0 Å². The Balaban J connectivity index is 2.36. The molecule has 7 heteroatoms. The van der Waals surface area contributed by atoms with Crippen LogP contribution in [0.2, 0.25) is 0 Å². The first-order valence-corrected chi connectivity index (χ1v) is 8.21. The molecule has 2 rings (SSSR count). The molecule has 0 atom stereocenters. The summed E-state index contributed by atoms with van der Waals surface area (Å²) in [6.07, 6.45) is 1.57. The van der Waals surface area contributed by atoms with Crippen molar-refractivity contribution in [3.05, 3.63) is 23.8 Å². The van der Waals surface area contributed by atoms with Crippen LogP contribution in [0.4, 0.5) is 0 Å². The Morgan fingerprint density at radius 2 is 2.05 bits per heavy atom. The summed E-state index contributed by atoms with van der Waals surface area (Å²) >= 11 is 0. The van der Waals surface area contributed by atoms with Gasteiger partial charge in [0.05, 0.1) is 18.7 Å². The van der Waals surface area contributed by atoms with Crippen LogP contribution in [-0.4, -0.2) is 46.0 Å². The van der Waals surface area contributed by atoms with E-state index >= 15 is 0 Å². The fourth-order valence-corrected chi connectivity index (χ4v) is 4.02. The van der Waals surface area contributed by atoms with Crippen molar-refractivity contribution in [3.8, 4) is 11.8 Å². The average Bonchev–Trinajstić information content (AvgIpc) is 2.54. The van der Waals surface area contributed by atoms with E-state index in [1.165, 1.54) is 29.6 Å². The van der Waals surface area contributed by atoms with Gasteiger partial charge in [0.2, 0.25) is 10.0 Å². The molecule has 0 bridgehead atoms. The van der Waals surface area contributed by atoms with Gasteiger partial charge >= 0.3 is 0 Å². The van der Waals surface area contributed by atoms with E-state index in [0.29, 0.717) is 5.56 Å². The summed E-state index contributed by atoms with van der Waals surface area (Å²) in [5, 5.41) is 12.1. The number of benzene rings is 1. The van der Waals surface area contributed by atoms with E-state index in [4.69, 9.17) is 10.00 Å². The maximum Gasteiger partial charge on any atom is 0.246 e. The van der Waals surface area contributed by atoms with Crippen molar-refractivity contribution in [3.63, 3.8) is 0 Å². The third kappa shape index (κ3) is 3.18. The molecule has 1 heterocycles. The molecule has 6 nitrogen and oxygen atoms in total. The van der Waals surface area contributed by atoms with Crippen molar-refractivity contribution in [2.75, 3.05) is 27.2 Å². The summed E-state index contributed by atoms with van der Waals surface area (Å²) in [5.74, 6) is 0.204. The van der Waals surface area contributed by atoms with E-state index in [1.807, 2.05) is 6.07 Å². The van der Waals surface area contributed by atoms with Gasteiger partial charge in [-0.25, -0.2) is 8.42 Å². The number of ether oxygens (including phenoxy) is 1. The molecule has 21 heavy (non-hydrogen) atoms. The lowest BCUT2D eigenvalue weighted by Gasteiger charge is -2.31. The minimum Gasteiger partial charge on any atom is -0.495 e. The van der Waals surface area contributed by atoms with E-state index in [1.54, 1.807) is 7.05 Å². The molecule has 0 radical (unpaired) electrons. The van der Waals surface area contributed by atoms with Gasteiger partial charge in [-0.05, 0) is 44.1 Å². The van der Waals surface area contributed by atoms with Gasteiger partial charge in [0.1, 0.15) is 10.6 Å². The van der Waals surface area contributed by atoms with Crippen molar-refractivity contribution >= 4 is 10.0 Å². The summed E-state index contributed by atoms with van der Waals surface area (Å²) in [5.41, 5.74) is 0.371. The predicted molar refractivity (Wildman–Crippen MR) is 78.5 cm³/mol. The molecule has 0 aliphatic carbocycles. The zero-order valence-electron chi connectivity index (χ0n) is 12.2. The Morgan fingerprint density at radius 1 is 1.38 bits per heavy atom. The largest absolute Gasteiger partial charge is 0.495 e. The van der Waals surface area contributed by atoms with Crippen LogP contribution in [0.25, 0.3) is 0 Å². The Morgan fingerprint density at radius 3 is 2.62 bits per heavy atom. The highest BCUT2D eigenvalue weighted by atomic mass is 32.2. The first-order valence-electron chi connectivity index (χ1n) is 6.77. The lowest BCUT2D eigenvalue weighted by atomic mass is 10.1. The van der Waals surface area contributed by atoms with Crippen LogP contribution in [0.5, 0.6) is 5.75 Å². The lowest BCUT2D eigenvalue weighted by molar-refractivity contribution is 0.295. The van der Waals surface area contributed by atoms with E-state index in [9.17, 15) is 8.42 Å². The minimum absolute atomic E-state index is 0.0170. The smallest absolute Gasteiger partial charge is 0.246 e. The molecule has 0 aromatic heterocycles. The quantitative estimate of drug-likeness (QED) is 0.895. The fourth-order valence-electron chi connectivity index (χ4n) is 2.47. The molecule has 0 spiro atoms. The maximum atomic E-state index is 12.8. The normalized spacial score (nSPS) is 16.7.